The quantitative estimate of drug-likeness (QED) is 0.888. The summed E-state index contributed by atoms with van der Waals surface area (Å²) in [6.45, 7) is 3.88. The van der Waals surface area contributed by atoms with Crippen molar-refractivity contribution in [2.24, 2.45) is 0 Å². The van der Waals surface area contributed by atoms with Gasteiger partial charge in [-0.2, -0.15) is 0 Å². The standard InChI is InChI=1S/C18H21NO4/c1-12-5-7-16(13(2)9-12)23-11-18(20)19-15-10-14(21-3)6-8-17(15)22-4/h5-10H,11H2,1-4H3,(H,19,20). The van der Waals surface area contributed by atoms with Crippen LogP contribution in [0.1, 0.15) is 11.1 Å². The molecule has 0 saturated carbocycles. The van der Waals surface area contributed by atoms with Crippen LogP contribution in [0.15, 0.2) is 36.4 Å². The summed E-state index contributed by atoms with van der Waals surface area (Å²) in [7, 11) is 3.11. The number of hydrogen-bond donors (Lipinski definition) is 1. The van der Waals surface area contributed by atoms with E-state index in [-0.39, 0.29) is 12.5 Å². The van der Waals surface area contributed by atoms with Crippen molar-refractivity contribution in [2.75, 3.05) is 26.1 Å². The van der Waals surface area contributed by atoms with Crippen molar-refractivity contribution in [1.29, 1.82) is 0 Å². The maximum Gasteiger partial charge on any atom is 0.262 e. The Labute approximate surface area is 136 Å². The molecule has 0 aliphatic carbocycles. The number of aryl methyl sites for hydroxylation is 2. The summed E-state index contributed by atoms with van der Waals surface area (Å²) in [5, 5.41) is 2.77. The van der Waals surface area contributed by atoms with Gasteiger partial charge in [0.25, 0.3) is 5.91 Å². The van der Waals surface area contributed by atoms with Gasteiger partial charge in [-0.15, -0.1) is 0 Å². The average molecular weight is 315 g/mol. The highest BCUT2D eigenvalue weighted by molar-refractivity contribution is 5.93. The van der Waals surface area contributed by atoms with Crippen LogP contribution in [0, 0.1) is 13.8 Å². The van der Waals surface area contributed by atoms with E-state index in [0.29, 0.717) is 22.9 Å². The number of benzene rings is 2. The zero-order chi connectivity index (χ0) is 16.8. The van der Waals surface area contributed by atoms with E-state index in [2.05, 4.69) is 5.32 Å². The third kappa shape index (κ3) is 4.39. The van der Waals surface area contributed by atoms with Crippen LogP contribution < -0.4 is 19.5 Å². The number of nitrogens with one attached hydrogen (secondary N) is 1. The molecule has 0 bridgehead atoms. The smallest absolute Gasteiger partial charge is 0.262 e. The molecule has 5 nitrogen and oxygen atoms in total. The van der Waals surface area contributed by atoms with Crippen LogP contribution >= 0.6 is 0 Å². The van der Waals surface area contributed by atoms with Crippen molar-refractivity contribution < 1.29 is 19.0 Å². The number of ether oxygens (including phenoxy) is 3. The Hall–Kier alpha value is -2.69. The molecule has 0 radical (unpaired) electrons. The van der Waals surface area contributed by atoms with Crippen LogP contribution in [-0.4, -0.2) is 26.7 Å². The van der Waals surface area contributed by atoms with E-state index in [1.165, 1.54) is 0 Å². The maximum absolute atomic E-state index is 12.1. The fraction of sp³-hybridized carbons (Fsp3) is 0.278. The van der Waals surface area contributed by atoms with Gasteiger partial charge in [-0.3, -0.25) is 4.79 Å². The first-order valence-corrected chi connectivity index (χ1v) is 7.25. The number of anilines is 1. The molecule has 1 amide bonds. The number of rotatable bonds is 6. The molecular weight excluding hydrogens is 294 g/mol. The van der Waals surface area contributed by atoms with Crippen LogP contribution in [0.4, 0.5) is 5.69 Å². The summed E-state index contributed by atoms with van der Waals surface area (Å²) in [6, 6.07) is 11.0. The van der Waals surface area contributed by atoms with Crippen molar-refractivity contribution in [3.05, 3.63) is 47.5 Å². The van der Waals surface area contributed by atoms with Gasteiger partial charge >= 0.3 is 0 Å². The Morgan fingerprint density at radius 2 is 1.74 bits per heavy atom. The van der Waals surface area contributed by atoms with Crippen molar-refractivity contribution in [3.63, 3.8) is 0 Å². The number of amides is 1. The Balaban J connectivity index is 2.02. The highest BCUT2D eigenvalue weighted by Gasteiger charge is 2.10. The first-order chi connectivity index (χ1) is 11.0. The largest absolute Gasteiger partial charge is 0.497 e. The highest BCUT2D eigenvalue weighted by atomic mass is 16.5. The second-order valence-corrected chi connectivity index (χ2v) is 5.17. The molecule has 2 rings (SSSR count). The third-order valence-corrected chi connectivity index (χ3v) is 3.37. The zero-order valence-corrected chi connectivity index (χ0v) is 13.8. The summed E-state index contributed by atoms with van der Waals surface area (Å²) < 4.78 is 16.0. The first-order valence-electron chi connectivity index (χ1n) is 7.25. The zero-order valence-electron chi connectivity index (χ0n) is 13.8. The molecule has 2 aromatic carbocycles. The molecule has 0 unspecified atom stereocenters. The number of carbonyl (C=O) groups excluding carboxylic acids is 1. The van der Waals surface area contributed by atoms with E-state index in [4.69, 9.17) is 14.2 Å². The molecule has 0 aromatic heterocycles. The highest BCUT2D eigenvalue weighted by Crippen LogP contribution is 2.28. The van der Waals surface area contributed by atoms with E-state index in [9.17, 15) is 4.79 Å². The molecule has 0 heterocycles. The molecule has 0 aliphatic heterocycles. The normalized spacial score (nSPS) is 10.1. The van der Waals surface area contributed by atoms with Crippen LogP contribution in [0.5, 0.6) is 17.2 Å². The summed E-state index contributed by atoms with van der Waals surface area (Å²) in [5.74, 6) is 1.63. The second kappa shape index (κ2) is 7.54. The predicted molar refractivity (Wildman–Crippen MR) is 89.6 cm³/mol. The lowest BCUT2D eigenvalue weighted by atomic mass is 10.1. The van der Waals surface area contributed by atoms with Crippen molar-refractivity contribution in [1.82, 2.24) is 0 Å². The second-order valence-electron chi connectivity index (χ2n) is 5.17. The first kappa shape index (κ1) is 16.7. The molecule has 0 spiro atoms. The maximum atomic E-state index is 12.1. The van der Waals surface area contributed by atoms with Crippen LogP contribution in [0.2, 0.25) is 0 Å². The number of hydrogen-bond acceptors (Lipinski definition) is 4. The lowest BCUT2D eigenvalue weighted by molar-refractivity contribution is -0.118. The summed E-state index contributed by atoms with van der Waals surface area (Å²) in [6.07, 6.45) is 0. The minimum absolute atomic E-state index is 0.0791. The van der Waals surface area contributed by atoms with E-state index in [0.717, 1.165) is 11.1 Å². The topological polar surface area (TPSA) is 56.8 Å². The van der Waals surface area contributed by atoms with Gasteiger partial charge in [0.15, 0.2) is 6.61 Å². The Bertz CT molecular complexity index is 697. The molecule has 0 fully saturated rings. The summed E-state index contributed by atoms with van der Waals surface area (Å²) in [5.41, 5.74) is 2.69. The van der Waals surface area contributed by atoms with Gasteiger partial charge < -0.3 is 19.5 Å². The molecule has 23 heavy (non-hydrogen) atoms. The van der Waals surface area contributed by atoms with Crippen LogP contribution in [0.25, 0.3) is 0 Å². The molecule has 122 valence electrons. The third-order valence-electron chi connectivity index (χ3n) is 3.37. The monoisotopic (exact) mass is 315 g/mol. The minimum atomic E-state index is -0.267. The molecule has 2 aromatic rings. The minimum Gasteiger partial charge on any atom is -0.497 e. The fourth-order valence-corrected chi connectivity index (χ4v) is 2.20. The van der Waals surface area contributed by atoms with Gasteiger partial charge in [-0.05, 0) is 37.6 Å². The predicted octanol–water partition coefficient (Wildman–Crippen LogP) is 3.34. The van der Waals surface area contributed by atoms with Crippen molar-refractivity contribution in [3.8, 4) is 17.2 Å². The van der Waals surface area contributed by atoms with Gasteiger partial charge in [0.05, 0.1) is 19.9 Å². The SMILES string of the molecule is COc1ccc(OC)c(NC(=O)COc2ccc(C)cc2C)c1. The summed E-state index contributed by atoms with van der Waals surface area (Å²) >= 11 is 0. The average Bonchev–Trinajstić information content (AvgIpc) is 2.54. The molecule has 5 heteroatoms. The molecule has 1 N–H and O–H groups in total. The van der Waals surface area contributed by atoms with Gasteiger partial charge in [-0.25, -0.2) is 0 Å². The van der Waals surface area contributed by atoms with Crippen molar-refractivity contribution in [2.45, 2.75) is 13.8 Å². The molecule has 0 saturated heterocycles. The molecule has 0 aliphatic rings. The van der Waals surface area contributed by atoms with E-state index < -0.39 is 0 Å². The lowest BCUT2D eigenvalue weighted by Gasteiger charge is -2.13. The Morgan fingerprint density at radius 1 is 1.00 bits per heavy atom. The molecular formula is C18H21NO4. The van der Waals surface area contributed by atoms with Gasteiger partial charge in [-0.1, -0.05) is 17.7 Å². The number of carbonyl (C=O) groups is 1. The van der Waals surface area contributed by atoms with Gasteiger partial charge in [0.2, 0.25) is 0 Å². The lowest BCUT2D eigenvalue weighted by Crippen LogP contribution is -2.20. The fourth-order valence-electron chi connectivity index (χ4n) is 2.20. The number of methoxy groups -OCH3 is 2. The van der Waals surface area contributed by atoms with E-state index >= 15 is 0 Å². The summed E-state index contributed by atoms with van der Waals surface area (Å²) in [4.78, 5) is 12.1. The van der Waals surface area contributed by atoms with Gasteiger partial charge in [0, 0.05) is 6.07 Å². The van der Waals surface area contributed by atoms with E-state index in [1.54, 1.807) is 32.4 Å². The Morgan fingerprint density at radius 3 is 2.39 bits per heavy atom. The van der Waals surface area contributed by atoms with Crippen LogP contribution in [0.3, 0.4) is 0 Å². The van der Waals surface area contributed by atoms with Crippen molar-refractivity contribution >= 4 is 11.6 Å². The van der Waals surface area contributed by atoms with Gasteiger partial charge in [0.1, 0.15) is 17.2 Å². The van der Waals surface area contributed by atoms with E-state index in [1.807, 2.05) is 32.0 Å². The Kier molecular flexibility index (Phi) is 5.46. The van der Waals surface area contributed by atoms with Crippen LogP contribution in [-0.2, 0) is 4.79 Å². The molecule has 0 atom stereocenters.